The van der Waals surface area contributed by atoms with Gasteiger partial charge in [0.1, 0.15) is 5.75 Å². The summed E-state index contributed by atoms with van der Waals surface area (Å²) >= 11 is 0. The van der Waals surface area contributed by atoms with Crippen molar-refractivity contribution in [2.75, 3.05) is 18.0 Å². The zero-order chi connectivity index (χ0) is 16.3. The number of hydrogen-bond acceptors (Lipinski definition) is 3. The van der Waals surface area contributed by atoms with E-state index in [1.54, 1.807) is 18.7 Å². The number of rotatable bonds is 5. The van der Waals surface area contributed by atoms with E-state index in [9.17, 15) is 9.59 Å². The third kappa shape index (κ3) is 3.59. The predicted octanol–water partition coefficient (Wildman–Crippen LogP) is 2.35. The molecule has 0 radical (unpaired) electrons. The Morgan fingerprint density at radius 2 is 2.00 bits per heavy atom. The van der Waals surface area contributed by atoms with E-state index in [1.165, 1.54) is 0 Å². The summed E-state index contributed by atoms with van der Waals surface area (Å²) in [5, 5.41) is 2.87. The zero-order valence-corrected chi connectivity index (χ0v) is 13.7. The van der Waals surface area contributed by atoms with Gasteiger partial charge in [-0.25, -0.2) is 0 Å². The lowest BCUT2D eigenvalue weighted by Gasteiger charge is -2.38. The summed E-state index contributed by atoms with van der Waals surface area (Å²) in [5.74, 6) is 0.925. The molecule has 22 heavy (non-hydrogen) atoms. The van der Waals surface area contributed by atoms with Crippen molar-refractivity contribution >= 4 is 17.5 Å². The highest BCUT2D eigenvalue weighted by Gasteiger charge is 2.40. The minimum atomic E-state index is -0.914. The van der Waals surface area contributed by atoms with Gasteiger partial charge in [0.25, 0.3) is 5.91 Å². The molecule has 5 heteroatoms. The lowest BCUT2D eigenvalue weighted by atomic mass is 10.0. The summed E-state index contributed by atoms with van der Waals surface area (Å²) in [6.45, 7) is 8.59. The third-order valence-electron chi connectivity index (χ3n) is 3.55. The zero-order valence-electron chi connectivity index (χ0n) is 13.7. The normalized spacial score (nSPS) is 16.2. The molecule has 0 fully saturated rings. The molecule has 1 aliphatic rings. The maximum absolute atomic E-state index is 12.6. The Morgan fingerprint density at radius 1 is 1.32 bits per heavy atom. The van der Waals surface area contributed by atoms with Gasteiger partial charge in [0, 0.05) is 19.5 Å². The van der Waals surface area contributed by atoms with Crippen molar-refractivity contribution in [1.29, 1.82) is 0 Å². The number of fused-ring (bicyclic) bond motifs is 1. The van der Waals surface area contributed by atoms with Crippen LogP contribution in [0.4, 0.5) is 5.69 Å². The van der Waals surface area contributed by atoms with Crippen LogP contribution in [0, 0.1) is 5.92 Å². The fourth-order valence-corrected chi connectivity index (χ4v) is 2.36. The second-order valence-electron chi connectivity index (χ2n) is 6.48. The maximum Gasteiger partial charge on any atom is 0.270 e. The number of anilines is 1. The van der Waals surface area contributed by atoms with Gasteiger partial charge < -0.3 is 15.0 Å². The Kier molecular flexibility index (Phi) is 4.74. The number of nitrogens with one attached hydrogen (secondary N) is 1. The van der Waals surface area contributed by atoms with Crippen molar-refractivity contribution in [3.05, 3.63) is 24.3 Å². The minimum Gasteiger partial charge on any atom is -0.476 e. The van der Waals surface area contributed by atoms with E-state index in [0.29, 0.717) is 24.8 Å². The summed E-state index contributed by atoms with van der Waals surface area (Å²) in [5.41, 5.74) is -0.188. The molecule has 1 aromatic rings. The van der Waals surface area contributed by atoms with Crippen molar-refractivity contribution in [3.63, 3.8) is 0 Å². The summed E-state index contributed by atoms with van der Waals surface area (Å²) in [4.78, 5) is 26.1. The van der Waals surface area contributed by atoms with Crippen molar-refractivity contribution in [2.24, 2.45) is 5.92 Å². The van der Waals surface area contributed by atoms with E-state index >= 15 is 0 Å². The number of hydrogen-bond donors (Lipinski definition) is 1. The van der Waals surface area contributed by atoms with Crippen molar-refractivity contribution < 1.29 is 14.3 Å². The van der Waals surface area contributed by atoms with Gasteiger partial charge in [-0.3, -0.25) is 9.59 Å². The SMILES string of the molecule is CC(C)CNC(=O)CCN1C(=O)C(C)(C)Oc2ccccc21. The average Bonchev–Trinajstić information content (AvgIpc) is 2.45. The quantitative estimate of drug-likeness (QED) is 0.908. The van der Waals surface area contributed by atoms with Crippen LogP contribution < -0.4 is 15.0 Å². The summed E-state index contributed by atoms with van der Waals surface area (Å²) in [6, 6.07) is 7.42. The number of ether oxygens (including phenoxy) is 1. The van der Waals surface area contributed by atoms with Gasteiger partial charge in [-0.2, -0.15) is 0 Å². The maximum atomic E-state index is 12.6. The van der Waals surface area contributed by atoms with Crippen LogP contribution in [0.25, 0.3) is 0 Å². The number of amides is 2. The Labute approximate surface area is 131 Å². The monoisotopic (exact) mass is 304 g/mol. The molecule has 1 N–H and O–H groups in total. The predicted molar refractivity (Wildman–Crippen MR) is 86.0 cm³/mol. The van der Waals surface area contributed by atoms with Crippen LogP contribution >= 0.6 is 0 Å². The molecule has 0 aromatic heterocycles. The van der Waals surface area contributed by atoms with Crippen LogP contribution in [0.15, 0.2) is 24.3 Å². The van der Waals surface area contributed by atoms with Crippen LogP contribution in [-0.2, 0) is 9.59 Å². The van der Waals surface area contributed by atoms with E-state index in [4.69, 9.17) is 4.74 Å². The molecule has 0 unspecified atom stereocenters. The van der Waals surface area contributed by atoms with Gasteiger partial charge in [0.2, 0.25) is 5.91 Å². The second-order valence-corrected chi connectivity index (χ2v) is 6.48. The molecular weight excluding hydrogens is 280 g/mol. The third-order valence-corrected chi connectivity index (χ3v) is 3.55. The van der Waals surface area contributed by atoms with Gasteiger partial charge in [-0.15, -0.1) is 0 Å². The molecule has 0 aliphatic carbocycles. The van der Waals surface area contributed by atoms with Gasteiger partial charge >= 0.3 is 0 Å². The molecule has 0 spiro atoms. The topological polar surface area (TPSA) is 58.6 Å². The van der Waals surface area contributed by atoms with Crippen molar-refractivity contribution in [1.82, 2.24) is 5.32 Å². The molecule has 2 amide bonds. The Morgan fingerprint density at radius 3 is 2.68 bits per heavy atom. The lowest BCUT2D eigenvalue weighted by molar-refractivity contribution is -0.132. The first-order valence-corrected chi connectivity index (χ1v) is 7.68. The highest BCUT2D eigenvalue weighted by atomic mass is 16.5. The fraction of sp³-hybridized carbons (Fsp3) is 0.529. The standard InChI is InChI=1S/C17H24N2O3/c1-12(2)11-18-15(20)9-10-19-13-7-5-6-8-14(13)22-17(3,4)16(19)21/h5-8,12H,9-11H2,1-4H3,(H,18,20). The second kappa shape index (κ2) is 6.38. The number of para-hydroxylation sites is 2. The molecule has 0 saturated carbocycles. The Hall–Kier alpha value is -2.04. The van der Waals surface area contributed by atoms with E-state index in [1.807, 2.05) is 38.1 Å². The molecule has 1 aliphatic heterocycles. The molecule has 1 aromatic carbocycles. The lowest BCUT2D eigenvalue weighted by Crippen LogP contribution is -2.53. The number of carbonyl (C=O) groups is 2. The van der Waals surface area contributed by atoms with E-state index in [0.717, 1.165) is 5.69 Å². The first kappa shape index (κ1) is 16.3. The molecule has 1 heterocycles. The van der Waals surface area contributed by atoms with Gasteiger partial charge in [0.05, 0.1) is 5.69 Å². The summed E-state index contributed by atoms with van der Waals surface area (Å²) < 4.78 is 5.76. The molecule has 5 nitrogen and oxygen atoms in total. The van der Waals surface area contributed by atoms with Crippen LogP contribution in [0.1, 0.15) is 34.1 Å². The number of benzene rings is 1. The Balaban J connectivity index is 2.09. The molecule has 2 rings (SSSR count). The van der Waals surface area contributed by atoms with Gasteiger partial charge in [0.15, 0.2) is 5.60 Å². The summed E-state index contributed by atoms with van der Waals surface area (Å²) in [7, 11) is 0. The van der Waals surface area contributed by atoms with E-state index in [2.05, 4.69) is 5.32 Å². The minimum absolute atomic E-state index is 0.0386. The summed E-state index contributed by atoms with van der Waals surface area (Å²) in [6.07, 6.45) is 0.281. The largest absolute Gasteiger partial charge is 0.476 e. The Bertz CT molecular complexity index is 567. The van der Waals surface area contributed by atoms with Gasteiger partial charge in [-0.1, -0.05) is 26.0 Å². The molecular formula is C17H24N2O3. The molecule has 120 valence electrons. The first-order valence-electron chi connectivity index (χ1n) is 7.68. The van der Waals surface area contributed by atoms with Crippen molar-refractivity contribution in [2.45, 2.75) is 39.7 Å². The molecule has 0 saturated heterocycles. The van der Waals surface area contributed by atoms with Crippen LogP contribution in [-0.4, -0.2) is 30.5 Å². The van der Waals surface area contributed by atoms with Crippen LogP contribution in [0.3, 0.4) is 0 Å². The number of nitrogens with zero attached hydrogens (tertiary/aromatic N) is 1. The number of carbonyl (C=O) groups excluding carboxylic acids is 2. The molecule has 0 atom stereocenters. The highest BCUT2D eigenvalue weighted by Crippen LogP contribution is 2.37. The highest BCUT2D eigenvalue weighted by molar-refractivity contribution is 6.02. The van der Waals surface area contributed by atoms with E-state index < -0.39 is 5.60 Å². The van der Waals surface area contributed by atoms with Crippen LogP contribution in [0.5, 0.6) is 5.75 Å². The van der Waals surface area contributed by atoms with Gasteiger partial charge in [-0.05, 0) is 31.9 Å². The van der Waals surface area contributed by atoms with E-state index in [-0.39, 0.29) is 18.2 Å². The average molecular weight is 304 g/mol. The molecule has 0 bridgehead atoms. The van der Waals surface area contributed by atoms with Crippen LogP contribution in [0.2, 0.25) is 0 Å². The first-order chi connectivity index (χ1) is 10.3. The fourth-order valence-electron chi connectivity index (χ4n) is 2.36. The smallest absolute Gasteiger partial charge is 0.270 e. The van der Waals surface area contributed by atoms with Crippen molar-refractivity contribution in [3.8, 4) is 5.75 Å².